The number of esters is 1. The average Bonchev–Trinajstić information content (AvgIpc) is 2.60. The zero-order chi connectivity index (χ0) is 19.4. The van der Waals surface area contributed by atoms with E-state index in [1.54, 1.807) is 0 Å². The van der Waals surface area contributed by atoms with Gasteiger partial charge in [-0.2, -0.15) is 13.2 Å². The number of ether oxygens (including phenoxy) is 1. The van der Waals surface area contributed by atoms with E-state index in [0.29, 0.717) is 25.9 Å². The first-order valence-electron chi connectivity index (χ1n) is 8.29. The maximum absolute atomic E-state index is 14.0. The predicted octanol–water partition coefficient (Wildman–Crippen LogP) is 3.34. The summed E-state index contributed by atoms with van der Waals surface area (Å²) in [7, 11) is 0. The van der Waals surface area contributed by atoms with E-state index in [9.17, 15) is 27.2 Å². The monoisotopic (exact) mass is 376 g/mol. The van der Waals surface area contributed by atoms with E-state index in [2.05, 4.69) is 4.74 Å². The van der Waals surface area contributed by atoms with E-state index in [-0.39, 0.29) is 6.61 Å². The van der Waals surface area contributed by atoms with Gasteiger partial charge >= 0.3 is 18.2 Å². The zero-order valence-corrected chi connectivity index (χ0v) is 14.2. The molecule has 1 heterocycles. The van der Waals surface area contributed by atoms with Crippen LogP contribution in [0.25, 0.3) is 0 Å². The lowest BCUT2D eigenvalue weighted by atomic mass is 9.88. The van der Waals surface area contributed by atoms with Crippen molar-refractivity contribution in [2.75, 3.05) is 19.7 Å². The Morgan fingerprint density at radius 2 is 1.69 bits per heavy atom. The van der Waals surface area contributed by atoms with Crippen LogP contribution in [-0.2, 0) is 15.1 Å². The van der Waals surface area contributed by atoms with E-state index in [0.717, 1.165) is 30.7 Å². The number of halogens is 4. The summed E-state index contributed by atoms with van der Waals surface area (Å²) in [6, 6.07) is 2.20. The molecule has 9 heteroatoms. The summed E-state index contributed by atoms with van der Waals surface area (Å²) in [5.74, 6) is -2.43. The largest absolute Gasteiger partial charge is 0.464 e. The van der Waals surface area contributed by atoms with Crippen molar-refractivity contribution in [3.05, 3.63) is 35.6 Å². The number of piperidine rings is 1. The van der Waals surface area contributed by atoms with Crippen molar-refractivity contribution in [1.29, 1.82) is 0 Å². The van der Waals surface area contributed by atoms with Crippen LogP contribution in [0.5, 0.6) is 0 Å². The van der Waals surface area contributed by atoms with E-state index in [1.165, 1.54) is 11.8 Å². The smallest absolute Gasteiger partial charge is 0.426 e. The van der Waals surface area contributed by atoms with E-state index in [1.807, 2.05) is 5.32 Å². The number of hydrogen-bond acceptors (Lipinski definition) is 3. The lowest BCUT2D eigenvalue weighted by molar-refractivity contribution is -0.214. The topological polar surface area (TPSA) is 58.6 Å². The first kappa shape index (κ1) is 20.0. The van der Waals surface area contributed by atoms with Crippen LogP contribution in [0.2, 0.25) is 0 Å². The molecule has 1 atom stereocenters. The second-order valence-corrected chi connectivity index (χ2v) is 5.95. The van der Waals surface area contributed by atoms with E-state index >= 15 is 0 Å². The van der Waals surface area contributed by atoms with Crippen LogP contribution in [0.3, 0.4) is 0 Å². The minimum absolute atomic E-state index is 0.298. The molecule has 5 nitrogen and oxygen atoms in total. The minimum Gasteiger partial charge on any atom is -0.464 e. The van der Waals surface area contributed by atoms with Crippen molar-refractivity contribution in [3.63, 3.8) is 0 Å². The molecule has 0 radical (unpaired) electrons. The summed E-state index contributed by atoms with van der Waals surface area (Å²) in [5.41, 5.74) is -4.03. The maximum atomic E-state index is 14.0. The fourth-order valence-electron chi connectivity index (χ4n) is 2.87. The number of rotatable bonds is 4. The molecule has 0 spiro atoms. The van der Waals surface area contributed by atoms with Crippen molar-refractivity contribution < 1.29 is 31.9 Å². The summed E-state index contributed by atoms with van der Waals surface area (Å²) in [6.45, 7) is 1.64. The molecule has 0 unspecified atom stereocenters. The van der Waals surface area contributed by atoms with Gasteiger partial charge < -0.3 is 15.0 Å². The van der Waals surface area contributed by atoms with Gasteiger partial charge in [-0.3, -0.25) is 0 Å². The molecule has 0 aromatic heterocycles. The third-order valence-electron chi connectivity index (χ3n) is 4.22. The molecule has 1 saturated heterocycles. The molecule has 1 N–H and O–H groups in total. The highest BCUT2D eigenvalue weighted by atomic mass is 19.4. The Hall–Kier alpha value is -2.32. The normalized spacial score (nSPS) is 17.3. The van der Waals surface area contributed by atoms with Gasteiger partial charge in [0.15, 0.2) is 0 Å². The second-order valence-electron chi connectivity index (χ2n) is 5.95. The van der Waals surface area contributed by atoms with Crippen LogP contribution in [0.15, 0.2) is 24.3 Å². The molecule has 0 aliphatic carbocycles. The van der Waals surface area contributed by atoms with Crippen LogP contribution in [0.4, 0.5) is 22.4 Å². The zero-order valence-electron chi connectivity index (χ0n) is 14.2. The summed E-state index contributed by atoms with van der Waals surface area (Å²) in [6.07, 6.45) is -2.97. The molecular formula is C17H20F4N2O3. The van der Waals surface area contributed by atoms with Gasteiger partial charge in [0.05, 0.1) is 6.61 Å². The Morgan fingerprint density at radius 1 is 1.12 bits per heavy atom. The number of amides is 2. The third kappa shape index (κ3) is 3.91. The molecule has 0 saturated carbocycles. The highest BCUT2D eigenvalue weighted by Gasteiger charge is 2.64. The number of carbonyl (C=O) groups is 2. The lowest BCUT2D eigenvalue weighted by Crippen LogP contribution is -2.64. The van der Waals surface area contributed by atoms with Gasteiger partial charge in [-0.25, -0.2) is 14.0 Å². The Balaban J connectivity index is 2.49. The maximum Gasteiger partial charge on any atom is 0.426 e. The molecule has 1 aromatic rings. The predicted molar refractivity (Wildman–Crippen MR) is 84.7 cm³/mol. The van der Waals surface area contributed by atoms with Crippen molar-refractivity contribution in [1.82, 2.24) is 10.2 Å². The third-order valence-corrected chi connectivity index (χ3v) is 4.22. The van der Waals surface area contributed by atoms with Crippen LogP contribution >= 0.6 is 0 Å². The number of nitrogens with zero attached hydrogens (tertiary/aromatic N) is 1. The van der Waals surface area contributed by atoms with Crippen LogP contribution in [-0.4, -0.2) is 42.8 Å². The molecule has 1 aromatic carbocycles. The molecule has 0 bridgehead atoms. The number of likely N-dealkylation sites (tertiary alicyclic amines) is 1. The molecule has 1 aliphatic heterocycles. The fourth-order valence-corrected chi connectivity index (χ4v) is 2.87. The Labute approximate surface area is 148 Å². The molecule has 2 rings (SSSR count). The summed E-state index contributed by atoms with van der Waals surface area (Å²) in [4.78, 5) is 26.0. The molecule has 2 amide bonds. The van der Waals surface area contributed by atoms with Gasteiger partial charge in [-0.05, 0) is 43.9 Å². The van der Waals surface area contributed by atoms with Gasteiger partial charge in [0.1, 0.15) is 5.82 Å². The molecular weight excluding hydrogens is 356 g/mol. The lowest BCUT2D eigenvalue weighted by Gasteiger charge is -2.37. The number of benzene rings is 1. The first-order chi connectivity index (χ1) is 12.2. The highest BCUT2D eigenvalue weighted by molar-refractivity contribution is 5.89. The van der Waals surface area contributed by atoms with Crippen molar-refractivity contribution in [2.24, 2.45) is 0 Å². The highest BCUT2D eigenvalue weighted by Crippen LogP contribution is 2.40. The summed E-state index contributed by atoms with van der Waals surface area (Å²) in [5, 5.41) is 1.83. The second kappa shape index (κ2) is 7.92. The number of urea groups is 1. The Morgan fingerprint density at radius 3 is 2.19 bits per heavy atom. The van der Waals surface area contributed by atoms with Crippen LogP contribution in [0.1, 0.15) is 31.7 Å². The Kier molecular flexibility index (Phi) is 6.09. The van der Waals surface area contributed by atoms with Gasteiger partial charge in [0.2, 0.25) is 0 Å². The van der Waals surface area contributed by atoms with Crippen LogP contribution in [0, 0.1) is 5.82 Å². The quantitative estimate of drug-likeness (QED) is 0.648. The van der Waals surface area contributed by atoms with E-state index in [4.69, 9.17) is 0 Å². The molecule has 26 heavy (non-hydrogen) atoms. The van der Waals surface area contributed by atoms with Gasteiger partial charge in [0.25, 0.3) is 5.54 Å². The van der Waals surface area contributed by atoms with Crippen LogP contribution < -0.4 is 5.32 Å². The summed E-state index contributed by atoms with van der Waals surface area (Å²) < 4.78 is 59.9. The number of alkyl halides is 3. The van der Waals surface area contributed by atoms with Crippen molar-refractivity contribution in [2.45, 2.75) is 37.9 Å². The minimum atomic E-state index is -5.19. The SMILES string of the molecule is CCOC(=O)[C@](NC(=O)N1CCCCC1)(c1ccc(F)cc1)C(F)(F)F. The van der Waals surface area contributed by atoms with Gasteiger partial charge in [-0.1, -0.05) is 12.1 Å². The average molecular weight is 376 g/mol. The van der Waals surface area contributed by atoms with Gasteiger partial charge in [0, 0.05) is 13.1 Å². The molecule has 1 fully saturated rings. The molecule has 1 aliphatic rings. The van der Waals surface area contributed by atoms with E-state index < -0.39 is 35.1 Å². The molecule has 144 valence electrons. The number of hydrogen-bond donors (Lipinski definition) is 1. The fraction of sp³-hybridized carbons (Fsp3) is 0.529. The van der Waals surface area contributed by atoms with Crippen molar-refractivity contribution in [3.8, 4) is 0 Å². The standard InChI is InChI=1S/C17H20F4N2O3/c1-2-26-14(24)16(17(19,20)21,12-6-8-13(18)9-7-12)22-15(25)23-10-4-3-5-11-23/h6-9H,2-5,10-11H2,1H3,(H,22,25)/t16-/m1/s1. The first-order valence-corrected chi connectivity index (χ1v) is 8.29. The number of carbonyl (C=O) groups excluding carboxylic acids is 2. The van der Waals surface area contributed by atoms with Gasteiger partial charge in [-0.15, -0.1) is 0 Å². The number of nitrogens with one attached hydrogen (secondary N) is 1. The summed E-state index contributed by atoms with van der Waals surface area (Å²) >= 11 is 0. The Bertz CT molecular complexity index is 642. The van der Waals surface area contributed by atoms with Crippen molar-refractivity contribution >= 4 is 12.0 Å².